The number of rotatable bonds is 4. The second-order valence-corrected chi connectivity index (χ2v) is 5.84. The molecule has 0 bridgehead atoms. The summed E-state index contributed by atoms with van der Waals surface area (Å²) in [5.74, 6) is 1.66. The van der Waals surface area contributed by atoms with E-state index in [4.69, 9.17) is 11.6 Å². The van der Waals surface area contributed by atoms with Crippen LogP contribution in [0.5, 0.6) is 0 Å². The van der Waals surface area contributed by atoms with E-state index in [1.807, 2.05) is 6.20 Å². The van der Waals surface area contributed by atoms with Gasteiger partial charge >= 0.3 is 0 Å². The van der Waals surface area contributed by atoms with Gasteiger partial charge in [-0.15, -0.1) is 11.6 Å². The number of hydrogen-bond donors (Lipinski definition) is 1. The highest BCUT2D eigenvalue weighted by Gasteiger charge is 2.32. The van der Waals surface area contributed by atoms with Crippen LogP contribution in [0.2, 0.25) is 0 Å². The molecule has 0 amide bonds. The van der Waals surface area contributed by atoms with Crippen LogP contribution in [0.1, 0.15) is 25.7 Å². The molecule has 1 heterocycles. The minimum absolute atomic E-state index is 0.273. The highest BCUT2D eigenvalue weighted by Crippen LogP contribution is 2.39. The van der Waals surface area contributed by atoms with Gasteiger partial charge in [-0.3, -0.25) is 0 Å². The maximum atomic E-state index is 6.10. The molecule has 0 saturated heterocycles. The summed E-state index contributed by atoms with van der Waals surface area (Å²) in [5.41, 5.74) is 0.273. The van der Waals surface area contributed by atoms with E-state index < -0.39 is 0 Å². The van der Waals surface area contributed by atoms with Gasteiger partial charge in [-0.2, -0.15) is 0 Å². The van der Waals surface area contributed by atoms with Crippen LogP contribution in [0, 0.1) is 8.99 Å². The molecule has 1 N–H and O–H groups in total. The Kier molecular flexibility index (Phi) is 4.24. The first-order chi connectivity index (χ1) is 7.76. The SMILES string of the molecule is ClCC1(CNc2ncncc2I)CCCC1. The first-order valence-electron chi connectivity index (χ1n) is 5.51. The molecule has 0 aromatic carbocycles. The normalized spacial score (nSPS) is 18.6. The Morgan fingerprint density at radius 2 is 2.19 bits per heavy atom. The van der Waals surface area contributed by atoms with E-state index in [9.17, 15) is 0 Å². The molecule has 1 saturated carbocycles. The van der Waals surface area contributed by atoms with Gasteiger partial charge in [0.25, 0.3) is 0 Å². The third-order valence-corrected chi connectivity index (χ3v) is 4.60. The topological polar surface area (TPSA) is 37.8 Å². The summed E-state index contributed by atoms with van der Waals surface area (Å²) in [7, 11) is 0. The van der Waals surface area contributed by atoms with Crippen LogP contribution in [0.3, 0.4) is 0 Å². The average Bonchev–Trinajstić information content (AvgIpc) is 2.78. The van der Waals surface area contributed by atoms with Crippen molar-refractivity contribution < 1.29 is 0 Å². The molecule has 5 heteroatoms. The minimum Gasteiger partial charge on any atom is -0.368 e. The molecule has 0 aliphatic heterocycles. The van der Waals surface area contributed by atoms with Crippen LogP contribution in [0.25, 0.3) is 0 Å². The third-order valence-electron chi connectivity index (χ3n) is 3.25. The van der Waals surface area contributed by atoms with Crippen LogP contribution >= 0.6 is 34.2 Å². The van der Waals surface area contributed by atoms with E-state index in [1.165, 1.54) is 25.7 Å². The molecule has 88 valence electrons. The Balaban J connectivity index is 1.98. The summed E-state index contributed by atoms with van der Waals surface area (Å²) in [6.07, 6.45) is 8.45. The molecule has 16 heavy (non-hydrogen) atoms. The van der Waals surface area contributed by atoms with Crippen molar-refractivity contribution in [2.45, 2.75) is 25.7 Å². The largest absolute Gasteiger partial charge is 0.368 e. The molecular formula is C11H15ClIN3. The summed E-state index contributed by atoms with van der Waals surface area (Å²) >= 11 is 8.34. The summed E-state index contributed by atoms with van der Waals surface area (Å²) in [6.45, 7) is 0.920. The van der Waals surface area contributed by atoms with E-state index in [-0.39, 0.29) is 5.41 Å². The first kappa shape index (κ1) is 12.4. The molecule has 1 aromatic rings. The first-order valence-corrected chi connectivity index (χ1v) is 7.12. The van der Waals surface area contributed by atoms with Gasteiger partial charge in [0.15, 0.2) is 0 Å². The number of anilines is 1. The van der Waals surface area contributed by atoms with E-state index in [1.54, 1.807) is 6.33 Å². The van der Waals surface area contributed by atoms with Gasteiger partial charge in [-0.05, 0) is 35.4 Å². The third kappa shape index (κ3) is 2.77. The molecule has 0 unspecified atom stereocenters. The molecule has 1 aliphatic rings. The van der Waals surface area contributed by atoms with E-state index >= 15 is 0 Å². The zero-order chi connectivity index (χ0) is 11.4. The van der Waals surface area contributed by atoms with Crippen molar-refractivity contribution in [1.82, 2.24) is 9.97 Å². The van der Waals surface area contributed by atoms with Crippen molar-refractivity contribution >= 4 is 40.0 Å². The van der Waals surface area contributed by atoms with Crippen LogP contribution < -0.4 is 5.32 Å². The zero-order valence-corrected chi connectivity index (χ0v) is 12.0. The van der Waals surface area contributed by atoms with Crippen molar-refractivity contribution in [2.75, 3.05) is 17.7 Å². The average molecular weight is 352 g/mol. The van der Waals surface area contributed by atoms with Crippen LogP contribution in [-0.4, -0.2) is 22.4 Å². The Morgan fingerprint density at radius 3 is 2.81 bits per heavy atom. The van der Waals surface area contributed by atoms with Gasteiger partial charge in [0.1, 0.15) is 12.1 Å². The smallest absolute Gasteiger partial charge is 0.142 e. The van der Waals surface area contributed by atoms with Crippen molar-refractivity contribution in [3.63, 3.8) is 0 Å². The fourth-order valence-corrected chi connectivity index (χ4v) is 3.05. The molecule has 1 aromatic heterocycles. The second kappa shape index (κ2) is 5.49. The van der Waals surface area contributed by atoms with E-state index in [2.05, 4.69) is 37.9 Å². The lowest BCUT2D eigenvalue weighted by atomic mass is 9.88. The number of hydrogen-bond acceptors (Lipinski definition) is 3. The van der Waals surface area contributed by atoms with E-state index in [0.717, 1.165) is 21.8 Å². The molecule has 0 atom stereocenters. The summed E-state index contributed by atoms with van der Waals surface area (Å²) in [4.78, 5) is 8.21. The molecule has 2 rings (SSSR count). The lowest BCUT2D eigenvalue weighted by Gasteiger charge is -2.26. The van der Waals surface area contributed by atoms with Gasteiger partial charge < -0.3 is 5.32 Å². The highest BCUT2D eigenvalue weighted by atomic mass is 127. The number of nitrogens with zero attached hydrogens (tertiary/aromatic N) is 2. The van der Waals surface area contributed by atoms with Crippen molar-refractivity contribution in [3.05, 3.63) is 16.1 Å². The predicted octanol–water partition coefficient (Wildman–Crippen LogP) is 3.29. The van der Waals surface area contributed by atoms with Crippen LogP contribution in [0.15, 0.2) is 12.5 Å². The molecule has 3 nitrogen and oxygen atoms in total. The summed E-state index contributed by atoms with van der Waals surface area (Å²) in [5, 5.41) is 3.40. The Morgan fingerprint density at radius 1 is 1.44 bits per heavy atom. The summed E-state index contributed by atoms with van der Waals surface area (Å²) in [6, 6.07) is 0. The highest BCUT2D eigenvalue weighted by molar-refractivity contribution is 14.1. The monoisotopic (exact) mass is 351 g/mol. The van der Waals surface area contributed by atoms with E-state index in [0.29, 0.717) is 0 Å². The Bertz CT molecular complexity index is 353. The standard InChI is InChI=1S/C11H15ClIN3/c12-6-11(3-1-2-4-11)7-15-10-9(13)5-14-8-16-10/h5,8H,1-4,6-7H2,(H,14,15,16). The van der Waals surface area contributed by atoms with Crippen LogP contribution in [-0.2, 0) is 0 Å². The Hall–Kier alpha value is -0.100. The molecule has 1 aliphatic carbocycles. The Labute approximate surface area is 115 Å². The molecule has 0 spiro atoms. The quantitative estimate of drug-likeness (QED) is 0.668. The zero-order valence-electron chi connectivity index (χ0n) is 9.05. The second-order valence-electron chi connectivity index (χ2n) is 4.41. The maximum absolute atomic E-state index is 6.10. The van der Waals surface area contributed by atoms with Gasteiger partial charge in [0, 0.05) is 24.0 Å². The summed E-state index contributed by atoms with van der Waals surface area (Å²) < 4.78 is 1.06. The lowest BCUT2D eigenvalue weighted by Crippen LogP contribution is -2.29. The van der Waals surface area contributed by atoms with Crippen molar-refractivity contribution in [3.8, 4) is 0 Å². The van der Waals surface area contributed by atoms with Gasteiger partial charge in [-0.1, -0.05) is 12.8 Å². The molecular weight excluding hydrogens is 336 g/mol. The number of nitrogens with one attached hydrogen (secondary N) is 1. The van der Waals surface area contributed by atoms with Gasteiger partial charge in [-0.25, -0.2) is 9.97 Å². The van der Waals surface area contributed by atoms with Crippen molar-refractivity contribution in [1.29, 1.82) is 0 Å². The van der Waals surface area contributed by atoms with Gasteiger partial charge in [0.05, 0.1) is 3.57 Å². The van der Waals surface area contributed by atoms with Crippen molar-refractivity contribution in [2.24, 2.45) is 5.41 Å². The maximum Gasteiger partial charge on any atom is 0.142 e. The number of alkyl halides is 1. The molecule has 1 fully saturated rings. The lowest BCUT2D eigenvalue weighted by molar-refractivity contribution is 0.368. The van der Waals surface area contributed by atoms with Crippen LogP contribution in [0.4, 0.5) is 5.82 Å². The fraction of sp³-hybridized carbons (Fsp3) is 0.636. The predicted molar refractivity (Wildman–Crippen MR) is 74.9 cm³/mol. The minimum atomic E-state index is 0.273. The number of aromatic nitrogens is 2. The molecule has 0 radical (unpaired) electrons. The fourth-order valence-electron chi connectivity index (χ4n) is 2.20. The van der Waals surface area contributed by atoms with Gasteiger partial charge in [0.2, 0.25) is 0 Å². The number of halogens is 2.